The molecule has 4 rings (SSSR count). The van der Waals surface area contributed by atoms with Crippen LogP contribution in [0.15, 0.2) is 24.5 Å². The first-order valence-corrected chi connectivity index (χ1v) is 9.95. The molecule has 2 saturated heterocycles. The summed E-state index contributed by atoms with van der Waals surface area (Å²) in [4.78, 5) is 36.0. The van der Waals surface area contributed by atoms with E-state index < -0.39 is 12.1 Å². The highest BCUT2D eigenvalue weighted by atomic mass is 16.5. The molecule has 2 aliphatic heterocycles. The van der Waals surface area contributed by atoms with Crippen molar-refractivity contribution in [1.29, 1.82) is 0 Å². The van der Waals surface area contributed by atoms with Crippen LogP contribution in [0, 0.1) is 0 Å². The van der Waals surface area contributed by atoms with Crippen molar-refractivity contribution < 1.29 is 14.3 Å². The van der Waals surface area contributed by atoms with Gasteiger partial charge in [0.2, 0.25) is 5.91 Å². The van der Waals surface area contributed by atoms with Gasteiger partial charge in [0, 0.05) is 38.6 Å². The molecule has 3 fully saturated rings. The minimum absolute atomic E-state index is 0.0242. The number of hydrogen-bond acceptors (Lipinski definition) is 5. The van der Waals surface area contributed by atoms with Crippen molar-refractivity contribution in [1.82, 2.24) is 19.7 Å². The van der Waals surface area contributed by atoms with Crippen molar-refractivity contribution in [2.24, 2.45) is 0 Å². The van der Waals surface area contributed by atoms with Gasteiger partial charge in [-0.05, 0) is 50.4 Å². The maximum atomic E-state index is 13.2. The van der Waals surface area contributed by atoms with Crippen molar-refractivity contribution in [3.05, 3.63) is 30.1 Å². The number of likely N-dealkylation sites (tertiary alicyclic amines) is 1. The largest absolute Gasteiger partial charge is 0.356 e. The molecule has 1 saturated carbocycles. The third-order valence-corrected chi connectivity index (χ3v) is 5.80. The molecule has 1 aromatic rings. The lowest BCUT2D eigenvalue weighted by atomic mass is 9.98. The number of likely N-dealkylation sites (N-methyl/N-ethyl adjacent to an activating group) is 1. The smallest absolute Gasteiger partial charge is 0.254 e. The highest BCUT2D eigenvalue weighted by Crippen LogP contribution is 2.39. The highest BCUT2D eigenvalue weighted by molar-refractivity contribution is 5.86. The van der Waals surface area contributed by atoms with E-state index in [9.17, 15) is 9.59 Å². The van der Waals surface area contributed by atoms with Gasteiger partial charge >= 0.3 is 0 Å². The molecular formula is C20H28N4O3. The van der Waals surface area contributed by atoms with Gasteiger partial charge in [0.25, 0.3) is 5.91 Å². The predicted molar refractivity (Wildman–Crippen MR) is 99.9 cm³/mol. The SMILES string of the molecule is CN(CCN1CCCC1)C(=O)[C@H]1OCC(=O)N(C2CC2)[C@@H]1c1cccnc1. The van der Waals surface area contributed by atoms with Crippen molar-refractivity contribution in [3.8, 4) is 0 Å². The van der Waals surface area contributed by atoms with Crippen LogP contribution in [0.3, 0.4) is 0 Å². The van der Waals surface area contributed by atoms with Crippen LogP contribution >= 0.6 is 0 Å². The quantitative estimate of drug-likeness (QED) is 0.747. The number of rotatable bonds is 6. The summed E-state index contributed by atoms with van der Waals surface area (Å²) < 4.78 is 5.80. The van der Waals surface area contributed by atoms with Crippen LogP contribution in [-0.4, -0.2) is 83.5 Å². The van der Waals surface area contributed by atoms with Crippen LogP contribution in [0.1, 0.15) is 37.3 Å². The van der Waals surface area contributed by atoms with Gasteiger partial charge in [-0.15, -0.1) is 0 Å². The molecule has 0 spiro atoms. The summed E-state index contributed by atoms with van der Waals surface area (Å²) in [6, 6.07) is 3.60. The second kappa shape index (κ2) is 7.94. The Balaban J connectivity index is 1.51. The third-order valence-electron chi connectivity index (χ3n) is 5.80. The fourth-order valence-corrected chi connectivity index (χ4v) is 4.13. The summed E-state index contributed by atoms with van der Waals surface area (Å²) in [5, 5.41) is 0. The van der Waals surface area contributed by atoms with E-state index in [1.165, 1.54) is 12.8 Å². The Morgan fingerprint density at radius 3 is 2.78 bits per heavy atom. The van der Waals surface area contributed by atoms with Crippen LogP contribution in [0.2, 0.25) is 0 Å². The zero-order chi connectivity index (χ0) is 18.8. The number of aromatic nitrogens is 1. The molecule has 2 atom stereocenters. The van der Waals surface area contributed by atoms with Crippen LogP contribution in [0.4, 0.5) is 0 Å². The molecule has 146 valence electrons. The van der Waals surface area contributed by atoms with E-state index in [-0.39, 0.29) is 24.5 Å². The maximum Gasteiger partial charge on any atom is 0.254 e. The number of nitrogens with zero attached hydrogens (tertiary/aromatic N) is 4. The van der Waals surface area contributed by atoms with Crippen LogP contribution in [0.5, 0.6) is 0 Å². The molecule has 3 aliphatic rings. The van der Waals surface area contributed by atoms with Gasteiger partial charge < -0.3 is 19.4 Å². The average molecular weight is 372 g/mol. The van der Waals surface area contributed by atoms with E-state index in [1.54, 1.807) is 17.3 Å². The Morgan fingerprint density at radius 1 is 1.33 bits per heavy atom. The zero-order valence-corrected chi connectivity index (χ0v) is 15.9. The molecule has 7 nitrogen and oxygen atoms in total. The van der Waals surface area contributed by atoms with Crippen molar-refractivity contribution >= 4 is 11.8 Å². The monoisotopic (exact) mass is 372 g/mol. The standard InChI is InChI=1S/C20H28N4O3/c1-22(11-12-23-9-2-3-10-23)20(26)19-18(15-5-4-8-21-13-15)24(16-6-7-16)17(25)14-27-19/h4-5,8,13,16,18-19H,2-3,6-7,9-12,14H2,1H3/t18-,19+/m1/s1. The molecule has 2 amide bonds. The van der Waals surface area contributed by atoms with Gasteiger partial charge in [0.05, 0.1) is 6.04 Å². The number of pyridine rings is 1. The van der Waals surface area contributed by atoms with Crippen LogP contribution < -0.4 is 0 Å². The van der Waals surface area contributed by atoms with Gasteiger partial charge in [-0.2, -0.15) is 0 Å². The summed E-state index contributed by atoms with van der Waals surface area (Å²) in [5.41, 5.74) is 0.865. The molecule has 0 unspecified atom stereocenters. The van der Waals surface area contributed by atoms with E-state index in [4.69, 9.17) is 4.74 Å². The summed E-state index contributed by atoms with van der Waals surface area (Å²) in [7, 11) is 1.83. The van der Waals surface area contributed by atoms with Gasteiger partial charge in [0.1, 0.15) is 6.61 Å². The fourth-order valence-electron chi connectivity index (χ4n) is 4.13. The molecular weight excluding hydrogens is 344 g/mol. The summed E-state index contributed by atoms with van der Waals surface area (Å²) in [6.45, 7) is 3.77. The molecule has 7 heteroatoms. The Bertz CT molecular complexity index is 673. The van der Waals surface area contributed by atoms with Crippen molar-refractivity contribution in [2.75, 3.05) is 39.8 Å². The topological polar surface area (TPSA) is 66.0 Å². The third kappa shape index (κ3) is 3.99. The van der Waals surface area contributed by atoms with Gasteiger partial charge in [-0.1, -0.05) is 6.07 Å². The lowest BCUT2D eigenvalue weighted by Crippen LogP contribution is -2.55. The first-order valence-electron chi connectivity index (χ1n) is 9.95. The van der Waals surface area contributed by atoms with Gasteiger partial charge in [-0.25, -0.2) is 0 Å². The summed E-state index contributed by atoms with van der Waals surface area (Å²) in [5.74, 6) is -0.0867. The molecule has 0 aromatic carbocycles. The second-order valence-corrected chi connectivity index (χ2v) is 7.80. The van der Waals surface area contributed by atoms with E-state index in [2.05, 4.69) is 9.88 Å². The number of carbonyl (C=O) groups is 2. The number of hydrogen-bond donors (Lipinski definition) is 0. The maximum absolute atomic E-state index is 13.2. The number of amides is 2. The Hall–Kier alpha value is -1.99. The minimum atomic E-state index is -0.670. The highest BCUT2D eigenvalue weighted by Gasteiger charge is 2.48. The Morgan fingerprint density at radius 2 is 2.11 bits per heavy atom. The zero-order valence-electron chi connectivity index (χ0n) is 15.9. The first kappa shape index (κ1) is 18.4. The minimum Gasteiger partial charge on any atom is -0.356 e. The normalized spacial score (nSPS) is 26.4. The lowest BCUT2D eigenvalue weighted by Gasteiger charge is -2.41. The average Bonchev–Trinajstić information content (AvgIpc) is 3.40. The second-order valence-electron chi connectivity index (χ2n) is 7.80. The molecule has 0 bridgehead atoms. The molecule has 1 aromatic heterocycles. The van der Waals surface area contributed by atoms with E-state index in [0.29, 0.717) is 6.54 Å². The van der Waals surface area contributed by atoms with E-state index in [0.717, 1.165) is 38.0 Å². The Labute approximate surface area is 160 Å². The Kier molecular flexibility index (Phi) is 5.41. The van der Waals surface area contributed by atoms with Crippen LogP contribution in [0.25, 0.3) is 0 Å². The number of morpholine rings is 1. The van der Waals surface area contributed by atoms with Gasteiger partial charge in [-0.3, -0.25) is 14.6 Å². The molecule has 0 radical (unpaired) electrons. The van der Waals surface area contributed by atoms with Crippen LogP contribution in [-0.2, 0) is 14.3 Å². The molecule has 27 heavy (non-hydrogen) atoms. The lowest BCUT2D eigenvalue weighted by molar-refractivity contribution is -0.169. The number of ether oxygens (including phenoxy) is 1. The predicted octanol–water partition coefficient (Wildman–Crippen LogP) is 1.07. The van der Waals surface area contributed by atoms with Crippen molar-refractivity contribution in [2.45, 2.75) is 43.9 Å². The fraction of sp³-hybridized carbons (Fsp3) is 0.650. The summed E-state index contributed by atoms with van der Waals surface area (Å²) >= 11 is 0. The molecule has 3 heterocycles. The van der Waals surface area contributed by atoms with E-state index >= 15 is 0 Å². The van der Waals surface area contributed by atoms with Gasteiger partial charge in [0.15, 0.2) is 6.10 Å². The number of carbonyl (C=O) groups excluding carboxylic acids is 2. The molecule has 1 aliphatic carbocycles. The first-order chi connectivity index (χ1) is 13.1. The molecule has 0 N–H and O–H groups in total. The van der Waals surface area contributed by atoms with E-state index in [1.807, 2.05) is 24.1 Å². The summed E-state index contributed by atoms with van der Waals surface area (Å²) in [6.07, 6.45) is 7.25. The van der Waals surface area contributed by atoms with Crippen molar-refractivity contribution in [3.63, 3.8) is 0 Å².